The molecule has 0 bridgehead atoms. The van der Waals surface area contributed by atoms with E-state index >= 15 is 0 Å². The number of fused-ring (bicyclic) bond motifs is 2. The molecule has 0 amide bonds. The molecular formula is C20H17F2N7O2. The average molecular weight is 425 g/mol. The van der Waals surface area contributed by atoms with E-state index < -0.39 is 11.6 Å². The number of aromatic nitrogens is 6. The lowest BCUT2D eigenvalue weighted by Gasteiger charge is -2.22. The van der Waals surface area contributed by atoms with Crippen LogP contribution >= 0.6 is 0 Å². The normalized spacial score (nSPS) is 22.3. The molecule has 3 atom stereocenters. The number of aryl methyl sites for hydroxylation is 1. The number of imidazole rings is 1. The van der Waals surface area contributed by atoms with E-state index in [9.17, 15) is 13.6 Å². The zero-order valence-corrected chi connectivity index (χ0v) is 16.4. The zero-order valence-electron chi connectivity index (χ0n) is 16.4. The molecule has 0 N–H and O–H groups in total. The molecule has 2 aliphatic rings. The number of benzene rings is 1. The largest absolute Gasteiger partial charge is 0.368 e. The van der Waals surface area contributed by atoms with Gasteiger partial charge in [-0.05, 0) is 24.0 Å². The van der Waals surface area contributed by atoms with Crippen LogP contribution in [0, 0.1) is 23.5 Å². The Morgan fingerprint density at radius 1 is 1.16 bits per heavy atom. The number of rotatable bonds is 4. The van der Waals surface area contributed by atoms with E-state index in [4.69, 9.17) is 4.52 Å². The van der Waals surface area contributed by atoms with E-state index in [2.05, 4.69) is 20.1 Å². The molecule has 1 unspecified atom stereocenters. The summed E-state index contributed by atoms with van der Waals surface area (Å²) in [6.45, 7) is 1.34. The molecule has 0 spiro atoms. The minimum absolute atomic E-state index is 0.114. The predicted octanol–water partition coefficient (Wildman–Crippen LogP) is 1.69. The van der Waals surface area contributed by atoms with Gasteiger partial charge in [-0.15, -0.1) is 0 Å². The molecule has 1 aliphatic carbocycles. The highest BCUT2D eigenvalue weighted by atomic mass is 19.2. The minimum Gasteiger partial charge on any atom is -0.368 e. The van der Waals surface area contributed by atoms with Crippen LogP contribution in [-0.4, -0.2) is 42.3 Å². The second-order valence-electron chi connectivity index (χ2n) is 8.08. The molecule has 9 nitrogen and oxygen atoms in total. The minimum atomic E-state index is -0.841. The van der Waals surface area contributed by atoms with Crippen molar-refractivity contribution >= 4 is 16.9 Å². The molecule has 6 rings (SSSR count). The zero-order chi connectivity index (χ0) is 21.3. The Balaban J connectivity index is 1.17. The fraction of sp³-hybridized carbons (Fsp3) is 0.350. The summed E-state index contributed by atoms with van der Waals surface area (Å²) in [4.78, 5) is 27.3. The summed E-state index contributed by atoms with van der Waals surface area (Å²) < 4.78 is 36.0. The smallest absolute Gasteiger partial charge is 0.280 e. The molecule has 3 aromatic heterocycles. The van der Waals surface area contributed by atoms with Crippen molar-refractivity contribution in [1.82, 2.24) is 29.2 Å². The molecule has 158 valence electrons. The first kappa shape index (κ1) is 18.2. The lowest BCUT2D eigenvalue weighted by molar-refractivity contribution is 0.363. The van der Waals surface area contributed by atoms with Gasteiger partial charge in [0.05, 0.1) is 12.0 Å². The van der Waals surface area contributed by atoms with Gasteiger partial charge in [0.1, 0.15) is 12.9 Å². The Hall–Kier alpha value is -3.63. The molecule has 1 aliphatic heterocycles. The maximum absolute atomic E-state index is 14.1. The van der Waals surface area contributed by atoms with Crippen LogP contribution in [0.15, 0.2) is 40.2 Å². The monoisotopic (exact) mass is 425 g/mol. The molecule has 1 saturated carbocycles. The molecule has 4 heterocycles. The van der Waals surface area contributed by atoms with Crippen molar-refractivity contribution in [2.75, 3.05) is 18.0 Å². The van der Waals surface area contributed by atoms with Crippen molar-refractivity contribution in [1.29, 1.82) is 0 Å². The second kappa shape index (κ2) is 6.43. The molecule has 0 radical (unpaired) electrons. The van der Waals surface area contributed by atoms with Crippen LogP contribution in [-0.2, 0) is 13.6 Å². The summed E-state index contributed by atoms with van der Waals surface area (Å²) in [5.74, 6) is -0.0881. The highest BCUT2D eigenvalue weighted by Crippen LogP contribution is 2.58. The van der Waals surface area contributed by atoms with Crippen molar-refractivity contribution in [3.8, 4) is 0 Å². The molecular weight excluding hydrogens is 408 g/mol. The van der Waals surface area contributed by atoms with E-state index in [1.807, 2.05) is 4.90 Å². The van der Waals surface area contributed by atoms with Gasteiger partial charge in [-0.1, -0.05) is 11.2 Å². The molecule has 4 aromatic rings. The van der Waals surface area contributed by atoms with Gasteiger partial charge in [-0.3, -0.25) is 9.36 Å². The van der Waals surface area contributed by atoms with Gasteiger partial charge < -0.3 is 14.0 Å². The number of anilines is 1. The maximum atomic E-state index is 14.1. The maximum Gasteiger partial charge on any atom is 0.280 e. The summed E-state index contributed by atoms with van der Waals surface area (Å²) in [5, 5.41) is 4.09. The number of hydrogen-bond acceptors (Lipinski definition) is 7. The van der Waals surface area contributed by atoms with Crippen LogP contribution in [0.2, 0.25) is 0 Å². The molecule has 1 saturated heterocycles. The quantitative estimate of drug-likeness (QED) is 0.491. The lowest BCUT2D eigenvalue weighted by atomic mass is 10.2. The van der Waals surface area contributed by atoms with Crippen molar-refractivity contribution in [2.45, 2.75) is 12.5 Å². The fourth-order valence-electron chi connectivity index (χ4n) is 4.64. The van der Waals surface area contributed by atoms with E-state index in [1.165, 1.54) is 17.0 Å². The third-order valence-electron chi connectivity index (χ3n) is 6.25. The second-order valence-corrected chi connectivity index (χ2v) is 8.08. The van der Waals surface area contributed by atoms with Crippen LogP contribution < -0.4 is 10.5 Å². The Bertz CT molecular complexity index is 1370. The number of nitrogens with zero attached hydrogens (tertiary/aromatic N) is 7. The highest BCUT2D eigenvalue weighted by molar-refractivity contribution is 5.68. The van der Waals surface area contributed by atoms with Gasteiger partial charge in [0, 0.05) is 26.1 Å². The fourth-order valence-corrected chi connectivity index (χ4v) is 4.64. The Kier molecular flexibility index (Phi) is 3.77. The summed E-state index contributed by atoms with van der Waals surface area (Å²) in [6, 6.07) is 4.22. The predicted molar refractivity (Wildman–Crippen MR) is 104 cm³/mol. The third-order valence-corrected chi connectivity index (χ3v) is 6.25. The molecule has 11 heteroatoms. The number of piperidine rings is 1. The first-order valence-electron chi connectivity index (χ1n) is 9.89. The molecule has 1 aromatic carbocycles. The Morgan fingerprint density at radius 3 is 2.74 bits per heavy atom. The van der Waals surface area contributed by atoms with Gasteiger partial charge in [-0.2, -0.15) is 4.98 Å². The van der Waals surface area contributed by atoms with Crippen LogP contribution in [0.4, 0.5) is 14.5 Å². The van der Waals surface area contributed by atoms with Crippen molar-refractivity contribution in [2.24, 2.45) is 18.9 Å². The highest BCUT2D eigenvalue weighted by Gasteiger charge is 2.58. The Morgan fingerprint density at radius 2 is 1.94 bits per heavy atom. The van der Waals surface area contributed by atoms with E-state index in [0.29, 0.717) is 36.0 Å². The molecule has 2 fully saturated rings. The summed E-state index contributed by atoms with van der Waals surface area (Å²) in [6.07, 6.45) is 2.96. The number of hydrogen-bond donors (Lipinski definition) is 0. The van der Waals surface area contributed by atoms with Crippen LogP contribution in [0.3, 0.4) is 0 Å². The van der Waals surface area contributed by atoms with Crippen LogP contribution in [0.5, 0.6) is 0 Å². The van der Waals surface area contributed by atoms with E-state index in [-0.39, 0.29) is 35.5 Å². The SMILES string of the molecule is Cn1cnc2ncn(Cc3nc(C4[C@H]5CN(c6cccc(F)c6F)C[C@@H]45)no3)c(=O)c21. The van der Waals surface area contributed by atoms with Crippen molar-refractivity contribution in [3.05, 3.63) is 64.6 Å². The summed E-state index contributed by atoms with van der Waals surface area (Å²) in [5.41, 5.74) is 0.849. The van der Waals surface area contributed by atoms with Gasteiger partial charge in [0.25, 0.3) is 5.56 Å². The Labute approximate surface area is 173 Å². The molecule has 31 heavy (non-hydrogen) atoms. The topological polar surface area (TPSA) is 94.9 Å². The third kappa shape index (κ3) is 2.76. The van der Waals surface area contributed by atoms with Gasteiger partial charge in [-0.25, -0.2) is 18.7 Å². The lowest BCUT2D eigenvalue weighted by Crippen LogP contribution is -2.25. The first-order valence-corrected chi connectivity index (χ1v) is 9.89. The van der Waals surface area contributed by atoms with E-state index in [1.54, 1.807) is 24.0 Å². The average Bonchev–Trinajstić information content (AvgIpc) is 3.18. The summed E-state index contributed by atoms with van der Waals surface area (Å²) >= 11 is 0. The van der Waals surface area contributed by atoms with Crippen molar-refractivity contribution < 1.29 is 13.3 Å². The first-order chi connectivity index (χ1) is 15.0. The van der Waals surface area contributed by atoms with Crippen molar-refractivity contribution in [3.63, 3.8) is 0 Å². The van der Waals surface area contributed by atoms with E-state index in [0.717, 1.165) is 6.07 Å². The standard InChI is InChI=1S/C20H17F2N7O2/c1-27-8-23-19-17(27)20(30)29(9-24-19)7-14-25-18(26-31-14)15-10-5-28(6-11(10)15)13-4-2-3-12(21)16(13)22/h2-4,8-11,15H,5-7H2,1H3/t10-,11+,15?. The van der Waals surface area contributed by atoms with Gasteiger partial charge >= 0.3 is 0 Å². The van der Waals surface area contributed by atoms with Crippen LogP contribution in [0.1, 0.15) is 17.6 Å². The number of halogens is 2. The summed E-state index contributed by atoms with van der Waals surface area (Å²) in [7, 11) is 1.73. The van der Waals surface area contributed by atoms with Crippen LogP contribution in [0.25, 0.3) is 11.2 Å². The van der Waals surface area contributed by atoms with Gasteiger partial charge in [0.15, 0.2) is 28.6 Å². The van der Waals surface area contributed by atoms with Gasteiger partial charge in [0.2, 0.25) is 5.89 Å².